The number of hydrogen-bond donors (Lipinski definition) is 1. The summed E-state index contributed by atoms with van der Waals surface area (Å²) in [7, 11) is 0. The van der Waals surface area contributed by atoms with Crippen molar-refractivity contribution in [3.05, 3.63) is 0 Å². The maximum absolute atomic E-state index is 5.96. The minimum atomic E-state index is 0.393. The quantitative estimate of drug-likeness (QED) is 0.779. The highest BCUT2D eigenvalue weighted by atomic mass is 15.3. The van der Waals surface area contributed by atoms with E-state index in [-0.39, 0.29) is 0 Å². The molecular weight excluding hydrogens is 198 g/mol. The average molecular weight is 225 g/mol. The summed E-state index contributed by atoms with van der Waals surface area (Å²) in [5.74, 6) is 0.790. The smallest absolute Gasteiger partial charge is 0.0332 e. The van der Waals surface area contributed by atoms with Crippen LogP contribution in [-0.4, -0.2) is 54.6 Å². The third-order valence-electron chi connectivity index (χ3n) is 4.33. The van der Waals surface area contributed by atoms with Crippen molar-refractivity contribution < 1.29 is 0 Å². The molecule has 0 spiro atoms. The van der Waals surface area contributed by atoms with Crippen LogP contribution in [-0.2, 0) is 0 Å². The van der Waals surface area contributed by atoms with Gasteiger partial charge in [-0.15, -0.1) is 0 Å². The largest absolute Gasteiger partial charge is 0.329 e. The molecule has 1 aliphatic heterocycles. The van der Waals surface area contributed by atoms with E-state index in [4.69, 9.17) is 5.73 Å². The fraction of sp³-hybridized carbons (Fsp3) is 1.00. The highest BCUT2D eigenvalue weighted by Crippen LogP contribution is 2.37. The second kappa shape index (κ2) is 5.03. The molecule has 2 N–H and O–H groups in total. The molecule has 2 rings (SSSR count). The SMILES string of the molecule is CC(C)CN1CCN(C2(CN)CCC2)CC1. The lowest BCUT2D eigenvalue weighted by Gasteiger charge is -2.52. The van der Waals surface area contributed by atoms with Gasteiger partial charge in [-0.05, 0) is 25.2 Å². The van der Waals surface area contributed by atoms with Gasteiger partial charge in [-0.1, -0.05) is 13.8 Å². The van der Waals surface area contributed by atoms with Crippen LogP contribution in [0.25, 0.3) is 0 Å². The van der Waals surface area contributed by atoms with Gasteiger partial charge in [0, 0.05) is 44.8 Å². The molecule has 0 amide bonds. The predicted molar refractivity (Wildman–Crippen MR) is 68.5 cm³/mol. The van der Waals surface area contributed by atoms with Gasteiger partial charge in [0.1, 0.15) is 0 Å². The number of nitrogens with two attached hydrogens (primary N) is 1. The lowest BCUT2D eigenvalue weighted by molar-refractivity contribution is -0.0143. The van der Waals surface area contributed by atoms with E-state index in [1.807, 2.05) is 0 Å². The maximum atomic E-state index is 5.96. The van der Waals surface area contributed by atoms with E-state index < -0.39 is 0 Å². The van der Waals surface area contributed by atoms with E-state index in [9.17, 15) is 0 Å². The van der Waals surface area contributed by atoms with Gasteiger partial charge in [-0.3, -0.25) is 4.90 Å². The van der Waals surface area contributed by atoms with Crippen molar-refractivity contribution in [2.24, 2.45) is 11.7 Å². The monoisotopic (exact) mass is 225 g/mol. The number of hydrogen-bond acceptors (Lipinski definition) is 3. The molecule has 0 unspecified atom stereocenters. The third-order valence-corrected chi connectivity index (χ3v) is 4.33. The molecule has 16 heavy (non-hydrogen) atoms. The van der Waals surface area contributed by atoms with Crippen molar-refractivity contribution in [3.63, 3.8) is 0 Å². The molecule has 1 saturated carbocycles. The van der Waals surface area contributed by atoms with Gasteiger partial charge in [0.2, 0.25) is 0 Å². The Balaban J connectivity index is 1.80. The van der Waals surface area contributed by atoms with E-state index in [0.29, 0.717) is 5.54 Å². The Bertz CT molecular complexity index is 210. The van der Waals surface area contributed by atoms with Gasteiger partial charge < -0.3 is 10.6 Å². The zero-order valence-corrected chi connectivity index (χ0v) is 10.9. The average Bonchev–Trinajstić information content (AvgIpc) is 2.19. The summed E-state index contributed by atoms with van der Waals surface area (Å²) in [6.45, 7) is 11.6. The Morgan fingerprint density at radius 1 is 1.12 bits per heavy atom. The minimum absolute atomic E-state index is 0.393. The standard InChI is InChI=1S/C13H27N3/c1-12(2)10-15-6-8-16(9-7-15)13(11-14)4-3-5-13/h12H,3-11,14H2,1-2H3. The molecule has 0 radical (unpaired) electrons. The fourth-order valence-electron chi connectivity index (χ4n) is 3.16. The summed E-state index contributed by atoms with van der Waals surface area (Å²) in [5.41, 5.74) is 6.35. The van der Waals surface area contributed by atoms with E-state index in [2.05, 4.69) is 23.6 Å². The molecular formula is C13H27N3. The lowest BCUT2D eigenvalue weighted by atomic mass is 9.75. The highest BCUT2D eigenvalue weighted by molar-refractivity contribution is 5.00. The second-order valence-corrected chi connectivity index (χ2v) is 5.96. The zero-order chi connectivity index (χ0) is 11.6. The summed E-state index contributed by atoms with van der Waals surface area (Å²) in [4.78, 5) is 5.26. The van der Waals surface area contributed by atoms with Crippen molar-refractivity contribution >= 4 is 0 Å². The van der Waals surface area contributed by atoms with Crippen molar-refractivity contribution in [2.45, 2.75) is 38.6 Å². The van der Waals surface area contributed by atoms with Gasteiger partial charge in [-0.2, -0.15) is 0 Å². The van der Waals surface area contributed by atoms with Crippen molar-refractivity contribution in [3.8, 4) is 0 Å². The van der Waals surface area contributed by atoms with Gasteiger partial charge >= 0.3 is 0 Å². The van der Waals surface area contributed by atoms with Crippen LogP contribution in [0.5, 0.6) is 0 Å². The van der Waals surface area contributed by atoms with Crippen LogP contribution in [0.3, 0.4) is 0 Å². The molecule has 3 heteroatoms. The van der Waals surface area contributed by atoms with Gasteiger partial charge in [0.25, 0.3) is 0 Å². The summed E-state index contributed by atoms with van der Waals surface area (Å²) < 4.78 is 0. The molecule has 2 fully saturated rings. The lowest BCUT2D eigenvalue weighted by Crippen LogP contribution is -2.63. The van der Waals surface area contributed by atoms with E-state index in [1.54, 1.807) is 0 Å². The number of piperazine rings is 1. The molecule has 1 heterocycles. The van der Waals surface area contributed by atoms with Crippen molar-refractivity contribution in [1.82, 2.24) is 9.80 Å². The molecule has 0 aromatic heterocycles. The number of nitrogens with zero attached hydrogens (tertiary/aromatic N) is 2. The molecule has 0 bridgehead atoms. The van der Waals surface area contributed by atoms with Crippen LogP contribution in [0.4, 0.5) is 0 Å². The predicted octanol–water partition coefficient (Wildman–Crippen LogP) is 1.14. The van der Waals surface area contributed by atoms with Gasteiger partial charge in [-0.25, -0.2) is 0 Å². The fourth-order valence-corrected chi connectivity index (χ4v) is 3.16. The summed E-state index contributed by atoms with van der Waals surface area (Å²) in [6, 6.07) is 0. The minimum Gasteiger partial charge on any atom is -0.329 e. The molecule has 94 valence electrons. The van der Waals surface area contributed by atoms with Gasteiger partial charge in [0.15, 0.2) is 0 Å². The topological polar surface area (TPSA) is 32.5 Å². The molecule has 0 aromatic rings. The van der Waals surface area contributed by atoms with Crippen LogP contribution in [0, 0.1) is 5.92 Å². The Labute approximate surface area is 100.0 Å². The maximum Gasteiger partial charge on any atom is 0.0332 e. The number of rotatable bonds is 4. The Hall–Kier alpha value is -0.120. The molecule has 2 aliphatic rings. The van der Waals surface area contributed by atoms with Crippen molar-refractivity contribution in [2.75, 3.05) is 39.3 Å². The van der Waals surface area contributed by atoms with Gasteiger partial charge in [0.05, 0.1) is 0 Å². The first-order chi connectivity index (χ1) is 7.66. The third kappa shape index (κ3) is 2.41. The van der Waals surface area contributed by atoms with Crippen molar-refractivity contribution in [1.29, 1.82) is 0 Å². The van der Waals surface area contributed by atoms with Crippen LogP contribution < -0.4 is 5.73 Å². The summed E-state index contributed by atoms with van der Waals surface area (Å²) in [5, 5.41) is 0. The normalized spacial score (nSPS) is 27.0. The Kier molecular flexibility index (Phi) is 3.88. The Morgan fingerprint density at radius 2 is 1.75 bits per heavy atom. The first kappa shape index (κ1) is 12.3. The van der Waals surface area contributed by atoms with Crippen LogP contribution in [0.15, 0.2) is 0 Å². The molecule has 3 nitrogen and oxygen atoms in total. The first-order valence-electron chi connectivity index (χ1n) is 6.84. The van der Waals surface area contributed by atoms with E-state index in [1.165, 1.54) is 52.0 Å². The molecule has 0 atom stereocenters. The first-order valence-corrected chi connectivity index (χ1v) is 6.84. The van der Waals surface area contributed by atoms with E-state index >= 15 is 0 Å². The summed E-state index contributed by atoms with van der Waals surface area (Å²) >= 11 is 0. The van der Waals surface area contributed by atoms with Crippen LogP contribution in [0.2, 0.25) is 0 Å². The molecule has 1 saturated heterocycles. The Morgan fingerprint density at radius 3 is 2.12 bits per heavy atom. The van der Waals surface area contributed by atoms with Crippen LogP contribution in [0.1, 0.15) is 33.1 Å². The van der Waals surface area contributed by atoms with E-state index in [0.717, 1.165) is 12.5 Å². The molecule has 1 aliphatic carbocycles. The molecule has 0 aromatic carbocycles. The van der Waals surface area contributed by atoms with Crippen LogP contribution >= 0.6 is 0 Å². The second-order valence-electron chi connectivity index (χ2n) is 5.96. The zero-order valence-electron chi connectivity index (χ0n) is 10.9. The highest BCUT2D eigenvalue weighted by Gasteiger charge is 2.41. The summed E-state index contributed by atoms with van der Waals surface area (Å²) in [6.07, 6.45) is 4.03.